The number of piperidine rings is 1. The molecule has 2 aromatic heterocycles. The lowest BCUT2D eigenvalue weighted by Gasteiger charge is -2.35. The van der Waals surface area contributed by atoms with Gasteiger partial charge in [-0.15, -0.1) is 11.8 Å². The number of carbonyl (C=O) groups is 1. The fourth-order valence-electron chi connectivity index (χ4n) is 5.17. The van der Waals surface area contributed by atoms with E-state index in [1.807, 2.05) is 30.7 Å². The molecule has 5 heterocycles. The molecule has 2 fully saturated rings. The highest BCUT2D eigenvalue weighted by atomic mass is 32.2. The van der Waals surface area contributed by atoms with E-state index in [1.54, 1.807) is 11.8 Å². The highest BCUT2D eigenvalue weighted by Crippen LogP contribution is 2.49. The summed E-state index contributed by atoms with van der Waals surface area (Å²) in [6, 6.07) is 8.81. The second-order valence-electron chi connectivity index (χ2n) is 9.41. The number of primary amides is 1. The fraction of sp³-hybridized carbons (Fsp3) is 0.423. The van der Waals surface area contributed by atoms with Crippen LogP contribution in [-0.2, 0) is 9.53 Å². The molecule has 0 radical (unpaired) electrons. The standard InChI is InChI=1S/C26H30N6O3S/c1-17-13-18(5-6-28-17)25-32(22(16-36-25)24(27)33)21-15-23-19(14-20(21)30-7-3-2-4-8-30)29-26(35-23)31-9-11-34-12-10-31/h5-6,13-16,25H,2-4,7-12H2,1H3,(H2,27,33). The van der Waals surface area contributed by atoms with E-state index in [0.717, 1.165) is 67.2 Å². The smallest absolute Gasteiger partial charge is 0.298 e. The normalized spacial score (nSPS) is 20.8. The van der Waals surface area contributed by atoms with Gasteiger partial charge in [-0.2, -0.15) is 4.98 Å². The zero-order chi connectivity index (χ0) is 24.6. The molecule has 0 aliphatic carbocycles. The van der Waals surface area contributed by atoms with Crippen molar-refractivity contribution in [1.82, 2.24) is 9.97 Å². The van der Waals surface area contributed by atoms with Gasteiger partial charge in [0.1, 0.15) is 16.6 Å². The summed E-state index contributed by atoms with van der Waals surface area (Å²) in [6.07, 6.45) is 5.31. The summed E-state index contributed by atoms with van der Waals surface area (Å²) in [5.74, 6) is -0.452. The molecule has 0 bridgehead atoms. The van der Waals surface area contributed by atoms with Gasteiger partial charge < -0.3 is 29.6 Å². The van der Waals surface area contributed by atoms with E-state index in [4.69, 9.17) is 19.9 Å². The monoisotopic (exact) mass is 506 g/mol. The quantitative estimate of drug-likeness (QED) is 0.551. The third kappa shape index (κ3) is 4.28. The summed E-state index contributed by atoms with van der Waals surface area (Å²) in [4.78, 5) is 28.4. The predicted molar refractivity (Wildman–Crippen MR) is 142 cm³/mol. The summed E-state index contributed by atoms with van der Waals surface area (Å²) in [7, 11) is 0. The molecule has 2 saturated heterocycles. The van der Waals surface area contributed by atoms with Gasteiger partial charge in [0.2, 0.25) is 0 Å². The lowest BCUT2D eigenvalue weighted by Crippen LogP contribution is -2.36. The van der Waals surface area contributed by atoms with Crippen molar-refractivity contribution in [3.05, 3.63) is 52.8 Å². The molecule has 9 nitrogen and oxygen atoms in total. The fourth-order valence-corrected chi connectivity index (χ4v) is 6.31. The van der Waals surface area contributed by atoms with Gasteiger partial charge in [0.25, 0.3) is 11.9 Å². The Bertz CT molecular complexity index is 1310. The largest absolute Gasteiger partial charge is 0.423 e. The Labute approximate surface area is 214 Å². The average Bonchev–Trinajstić information content (AvgIpc) is 3.53. The van der Waals surface area contributed by atoms with Crippen molar-refractivity contribution in [2.24, 2.45) is 5.73 Å². The Morgan fingerprint density at radius 1 is 1.06 bits per heavy atom. The Hall–Kier alpha value is -3.24. The number of hydrogen-bond donors (Lipinski definition) is 1. The van der Waals surface area contributed by atoms with Crippen LogP contribution in [0.3, 0.4) is 0 Å². The van der Waals surface area contributed by atoms with Crippen molar-refractivity contribution in [3.63, 3.8) is 0 Å². The summed E-state index contributed by atoms with van der Waals surface area (Å²) in [5, 5.41) is 1.73. The van der Waals surface area contributed by atoms with Gasteiger partial charge in [-0.25, -0.2) is 0 Å². The van der Waals surface area contributed by atoms with Crippen LogP contribution in [0.15, 0.2) is 46.0 Å². The Morgan fingerprint density at radius 3 is 2.61 bits per heavy atom. The van der Waals surface area contributed by atoms with Gasteiger partial charge in [0.05, 0.1) is 24.6 Å². The number of nitrogens with two attached hydrogens (primary N) is 1. The van der Waals surface area contributed by atoms with Crippen LogP contribution in [0.4, 0.5) is 17.4 Å². The molecule has 2 N–H and O–H groups in total. The summed E-state index contributed by atoms with van der Waals surface area (Å²) >= 11 is 1.58. The molecule has 36 heavy (non-hydrogen) atoms. The van der Waals surface area contributed by atoms with E-state index < -0.39 is 5.91 Å². The Kier molecular flexibility index (Phi) is 6.22. The SMILES string of the molecule is Cc1cc(C2SC=C(C(N)=O)N2c2cc3oc(N4CCOCC4)nc3cc2N2CCCCC2)ccn1. The van der Waals surface area contributed by atoms with Crippen molar-refractivity contribution >= 4 is 46.2 Å². The van der Waals surface area contributed by atoms with Crippen LogP contribution in [0, 0.1) is 6.92 Å². The van der Waals surface area contributed by atoms with Crippen LogP contribution in [0.2, 0.25) is 0 Å². The van der Waals surface area contributed by atoms with Crippen molar-refractivity contribution in [1.29, 1.82) is 0 Å². The number of amides is 1. The maximum atomic E-state index is 12.6. The Morgan fingerprint density at radius 2 is 1.86 bits per heavy atom. The van der Waals surface area contributed by atoms with E-state index in [9.17, 15) is 4.79 Å². The molecule has 10 heteroatoms. The molecule has 3 aromatic rings. The van der Waals surface area contributed by atoms with Crippen molar-refractivity contribution in [3.8, 4) is 0 Å². The maximum Gasteiger partial charge on any atom is 0.298 e. The van der Waals surface area contributed by atoms with Crippen LogP contribution in [0.5, 0.6) is 0 Å². The first kappa shape index (κ1) is 23.2. The van der Waals surface area contributed by atoms with E-state index in [1.165, 1.54) is 6.42 Å². The van der Waals surface area contributed by atoms with Crippen LogP contribution in [0.25, 0.3) is 11.1 Å². The number of anilines is 3. The minimum Gasteiger partial charge on any atom is -0.423 e. The summed E-state index contributed by atoms with van der Waals surface area (Å²) in [6.45, 7) is 6.72. The number of benzene rings is 1. The number of ether oxygens (including phenoxy) is 1. The van der Waals surface area contributed by atoms with Gasteiger partial charge in [-0.3, -0.25) is 9.78 Å². The first-order chi connectivity index (χ1) is 17.6. The van der Waals surface area contributed by atoms with Crippen molar-refractivity contribution < 1.29 is 13.9 Å². The lowest BCUT2D eigenvalue weighted by molar-refractivity contribution is -0.114. The number of nitrogens with zero attached hydrogens (tertiary/aromatic N) is 5. The molecule has 0 spiro atoms. The third-order valence-electron chi connectivity index (χ3n) is 6.97. The molecule has 6 rings (SSSR count). The van der Waals surface area contributed by atoms with Crippen LogP contribution in [-0.4, -0.2) is 55.3 Å². The second kappa shape index (κ2) is 9.67. The molecule has 0 saturated carbocycles. The van der Waals surface area contributed by atoms with E-state index >= 15 is 0 Å². The van der Waals surface area contributed by atoms with Crippen molar-refractivity contribution in [2.45, 2.75) is 31.6 Å². The number of hydrogen-bond acceptors (Lipinski definition) is 9. The average molecular weight is 507 g/mol. The summed E-state index contributed by atoms with van der Waals surface area (Å²) < 4.78 is 11.8. The molecule has 1 atom stereocenters. The molecule has 1 aromatic carbocycles. The van der Waals surface area contributed by atoms with Crippen LogP contribution < -0.4 is 20.4 Å². The van der Waals surface area contributed by atoms with Crippen molar-refractivity contribution in [2.75, 3.05) is 54.1 Å². The minimum absolute atomic E-state index is 0.142. The van der Waals surface area contributed by atoms with Gasteiger partial charge >= 0.3 is 0 Å². The van der Waals surface area contributed by atoms with Crippen LogP contribution in [0.1, 0.15) is 35.9 Å². The number of aryl methyl sites for hydroxylation is 1. The first-order valence-electron chi connectivity index (χ1n) is 12.5. The number of pyridine rings is 1. The number of thioether (sulfide) groups is 1. The minimum atomic E-state index is -0.452. The molecular formula is C26H30N6O3S. The van der Waals surface area contributed by atoms with Gasteiger partial charge in [0, 0.05) is 49.5 Å². The molecular weight excluding hydrogens is 476 g/mol. The number of morpholine rings is 1. The topological polar surface area (TPSA) is 101 Å². The highest BCUT2D eigenvalue weighted by molar-refractivity contribution is 8.02. The lowest BCUT2D eigenvalue weighted by atomic mass is 10.1. The third-order valence-corrected chi connectivity index (χ3v) is 8.07. The molecule has 188 valence electrons. The zero-order valence-electron chi connectivity index (χ0n) is 20.4. The van der Waals surface area contributed by atoms with E-state index in [2.05, 4.69) is 31.8 Å². The number of aromatic nitrogens is 2. The highest BCUT2D eigenvalue weighted by Gasteiger charge is 2.35. The summed E-state index contributed by atoms with van der Waals surface area (Å²) in [5.41, 5.74) is 11.8. The molecule has 3 aliphatic rings. The first-order valence-corrected chi connectivity index (χ1v) is 13.4. The number of fused-ring (bicyclic) bond motifs is 1. The van der Waals surface area contributed by atoms with Gasteiger partial charge in [-0.1, -0.05) is 0 Å². The van der Waals surface area contributed by atoms with Crippen LogP contribution >= 0.6 is 11.8 Å². The number of carbonyl (C=O) groups excluding carboxylic acids is 1. The number of oxazole rings is 1. The van der Waals surface area contributed by atoms with Gasteiger partial charge in [-0.05, 0) is 49.9 Å². The molecule has 1 unspecified atom stereocenters. The Balaban J connectivity index is 1.49. The molecule has 1 amide bonds. The van der Waals surface area contributed by atoms with E-state index in [-0.39, 0.29) is 5.37 Å². The zero-order valence-corrected chi connectivity index (χ0v) is 21.2. The second-order valence-corrected chi connectivity index (χ2v) is 10.4. The predicted octanol–water partition coefficient (Wildman–Crippen LogP) is 3.94. The maximum absolute atomic E-state index is 12.6. The van der Waals surface area contributed by atoms with Gasteiger partial charge in [0.15, 0.2) is 5.58 Å². The van der Waals surface area contributed by atoms with E-state index in [0.29, 0.717) is 30.5 Å². The number of rotatable bonds is 5. The molecule has 3 aliphatic heterocycles.